The standard InChI is InChI=1S/C28H28F6N2O2.C21H27NO3.C13H17N.C9H7F6N.C8H14O4.C8H12O4.2ClH/c29-27(30,31)20-13-18(14-21(15-20)28(32,33)34)16-35-25(37)24-6-5-22(17-38-24)36-11-9-26(10-12-36)8-7-19-3-1-2-4-23(19)26;1-2-24-20(23)19-8-7-17(15-25-19)22-13-11-21(12-14-22)10-9-16-5-3-4-6-18(16)21;1-2-4-12-11(3-1)5-6-13(12)7-9-14-10-8-13;10-8(11,12)6-1-5(4-16)2-7(3-6)9(13,14)15;2*1-2-11-8(10)7-4-3-6(9)5-12-7;;/h1-4,7-8,13-15,22,24H,5-6,9-12,16-17H2,(H,35,37);3-6,9-10,17,19H,2,7-8,11-15H2,1H3;1-4,14H,5-10H2;1-3H,4,16H2;6-7,9H,2-5H2,1H3;7H,2-5H2,1H3;2*1H. The number of rotatable bonds is 12. The lowest BCUT2D eigenvalue weighted by Gasteiger charge is -2.44. The molecule has 0 radical (unpaired) electrons. The van der Waals surface area contributed by atoms with E-state index in [0.29, 0.717) is 101 Å². The van der Waals surface area contributed by atoms with Gasteiger partial charge in [-0.2, -0.15) is 52.7 Å². The number of likely N-dealkylation sites (tertiary alicyclic amines) is 2. The van der Waals surface area contributed by atoms with Crippen LogP contribution < -0.4 is 16.4 Å². The molecule has 1 amide bonds. The van der Waals surface area contributed by atoms with Crippen LogP contribution in [0.3, 0.4) is 0 Å². The number of carbonyl (C=O) groups is 5. The van der Waals surface area contributed by atoms with Gasteiger partial charge < -0.3 is 54.6 Å². The minimum Gasteiger partial charge on any atom is -0.464 e. The number of Topliss-reactive ketones (excluding diaryl/α,β-unsaturated/α-hetero) is 1. The summed E-state index contributed by atoms with van der Waals surface area (Å²) in [5, 5.41) is 15.0. The van der Waals surface area contributed by atoms with Crippen molar-refractivity contribution in [2.75, 3.05) is 85.5 Å². The summed E-state index contributed by atoms with van der Waals surface area (Å²) in [6.07, 6.45) is 1.82. The molecule has 15 rings (SSSR count). The van der Waals surface area contributed by atoms with E-state index in [1.54, 1.807) is 25.0 Å². The molecular weight excluding hydrogens is 1620 g/mol. The number of nitrogens with zero attached hydrogens (tertiary/aromatic N) is 2. The van der Waals surface area contributed by atoms with Gasteiger partial charge in [0.2, 0.25) is 5.91 Å². The fourth-order valence-electron chi connectivity index (χ4n) is 17.0. The highest BCUT2D eigenvalue weighted by molar-refractivity contribution is 5.86. The topological polar surface area (TPSA) is 227 Å². The van der Waals surface area contributed by atoms with Crippen LogP contribution in [0.25, 0.3) is 12.2 Å². The van der Waals surface area contributed by atoms with Crippen LogP contribution in [0, 0.1) is 0 Å². The van der Waals surface area contributed by atoms with Crippen molar-refractivity contribution >= 4 is 66.6 Å². The maximum atomic E-state index is 13.1. The zero-order valence-electron chi connectivity index (χ0n) is 66.8. The molecule has 7 saturated heterocycles. The number of esters is 3. The fourth-order valence-corrected chi connectivity index (χ4v) is 17.0. The second kappa shape index (κ2) is 43.5. The molecule has 32 heteroatoms. The van der Waals surface area contributed by atoms with Crippen LogP contribution in [-0.2, 0) is 118 Å². The number of aliphatic hydroxyl groups excluding tert-OH is 1. The van der Waals surface area contributed by atoms with Gasteiger partial charge in [0.1, 0.15) is 12.7 Å². The Labute approximate surface area is 698 Å². The van der Waals surface area contributed by atoms with Gasteiger partial charge in [0.05, 0.1) is 68.0 Å². The maximum absolute atomic E-state index is 13.1. The van der Waals surface area contributed by atoms with Crippen molar-refractivity contribution in [3.63, 3.8) is 0 Å². The van der Waals surface area contributed by atoms with Crippen LogP contribution >= 0.6 is 24.8 Å². The first-order valence-electron chi connectivity index (χ1n) is 40.2. The van der Waals surface area contributed by atoms with Crippen molar-refractivity contribution in [3.8, 4) is 0 Å². The Morgan fingerprint density at radius 2 is 0.899 bits per heavy atom. The van der Waals surface area contributed by atoms with Gasteiger partial charge in [-0.05, 0) is 243 Å². The van der Waals surface area contributed by atoms with E-state index in [0.717, 1.165) is 71.1 Å². The Bertz CT molecular complexity index is 4120. The van der Waals surface area contributed by atoms with E-state index < -0.39 is 83.8 Å². The third-order valence-electron chi connectivity index (χ3n) is 23.4. The van der Waals surface area contributed by atoms with Crippen molar-refractivity contribution in [2.45, 2.75) is 220 Å². The van der Waals surface area contributed by atoms with E-state index in [1.807, 2.05) is 13.0 Å². The van der Waals surface area contributed by atoms with Crippen molar-refractivity contribution in [3.05, 3.63) is 188 Å². The molecule has 7 fully saturated rings. The summed E-state index contributed by atoms with van der Waals surface area (Å²) >= 11 is 0. The van der Waals surface area contributed by atoms with Gasteiger partial charge in [0.25, 0.3) is 0 Å². The predicted octanol–water partition coefficient (Wildman–Crippen LogP) is 15.8. The summed E-state index contributed by atoms with van der Waals surface area (Å²) in [6.45, 7) is 13.3. The van der Waals surface area contributed by atoms with Gasteiger partial charge in [0.15, 0.2) is 24.1 Å². The number of alkyl halides is 12. The van der Waals surface area contributed by atoms with Gasteiger partial charge in [-0.3, -0.25) is 19.4 Å². The normalized spacial score (nSPS) is 23.3. The number of piperidine rings is 3. The Morgan fingerprint density at radius 1 is 0.496 bits per heavy atom. The number of fused-ring (bicyclic) bond motifs is 6. The molecule has 7 unspecified atom stereocenters. The number of ether oxygens (including phenoxy) is 7. The van der Waals surface area contributed by atoms with E-state index >= 15 is 0 Å². The van der Waals surface area contributed by atoms with Crippen molar-refractivity contribution in [1.29, 1.82) is 0 Å². The molecular formula is C87H107Cl2F12N5O13. The minimum absolute atomic E-state index is 0. The molecule has 0 aromatic heterocycles. The van der Waals surface area contributed by atoms with Crippen LogP contribution in [0.2, 0.25) is 0 Å². The van der Waals surface area contributed by atoms with Crippen molar-refractivity contribution in [1.82, 2.24) is 20.4 Å². The van der Waals surface area contributed by atoms with Crippen LogP contribution in [-0.4, -0.2) is 173 Å². The second-order valence-electron chi connectivity index (χ2n) is 31.0. The summed E-state index contributed by atoms with van der Waals surface area (Å²) in [6, 6.07) is 29.5. The third-order valence-corrected chi connectivity index (χ3v) is 23.4. The van der Waals surface area contributed by atoms with Gasteiger partial charge >= 0.3 is 42.6 Å². The molecule has 0 bridgehead atoms. The monoisotopic (exact) mass is 1730 g/mol. The molecule has 5 aromatic rings. The number of allylic oxidation sites excluding steroid dienone is 2. The molecule has 7 heterocycles. The Hall–Kier alpha value is -7.49. The van der Waals surface area contributed by atoms with Crippen molar-refractivity contribution < 1.29 is 115 Å². The number of hydrogen-bond acceptors (Lipinski definition) is 17. The number of benzene rings is 5. The average Bonchev–Trinajstić information content (AvgIpc) is 1.63. The van der Waals surface area contributed by atoms with Crippen LogP contribution in [0.4, 0.5) is 52.7 Å². The molecule has 5 N–H and O–H groups in total. The number of halogens is 14. The van der Waals surface area contributed by atoms with Crippen molar-refractivity contribution in [2.24, 2.45) is 5.73 Å². The smallest absolute Gasteiger partial charge is 0.416 e. The molecule has 119 heavy (non-hydrogen) atoms. The van der Waals surface area contributed by atoms with Crippen LogP contribution in [0.5, 0.6) is 0 Å². The molecule has 7 atom stereocenters. The average molecular weight is 1730 g/mol. The Kier molecular flexibility index (Phi) is 35.5. The minimum atomic E-state index is -4.94. The molecule has 18 nitrogen and oxygen atoms in total. The van der Waals surface area contributed by atoms with E-state index in [9.17, 15) is 76.7 Å². The highest BCUT2D eigenvalue weighted by atomic mass is 35.5. The number of aryl methyl sites for hydroxylation is 1. The van der Waals surface area contributed by atoms with Gasteiger partial charge in [-0.15, -0.1) is 24.8 Å². The zero-order chi connectivity index (χ0) is 84.4. The number of aliphatic hydroxyl groups is 1. The summed E-state index contributed by atoms with van der Waals surface area (Å²) in [4.78, 5) is 62.2. The van der Waals surface area contributed by atoms with Crippen LogP contribution in [0.15, 0.2) is 121 Å². The molecule has 5 aromatic carbocycles. The molecule has 10 aliphatic rings. The SMILES string of the molecule is CCOC(=O)C1CCC(=O)CO1.CCOC(=O)C1CCC(N2CCC3(C=Cc4ccccc43)CC2)CO1.CCOC(=O)C1CCC(O)CO1.Cl.Cl.NCc1cc(C(F)(F)F)cc(C(F)(F)F)c1.O=C(NCc1cc(C(F)(F)F)cc(C(F)(F)F)c1)C1CCC(N2CCC3(C=Cc4ccccc43)CC2)CO1.c1ccc2c(c1)CCC21CCNCC1. The number of ketones is 1. The number of nitrogens with one attached hydrogen (secondary N) is 2. The quantitative estimate of drug-likeness (QED) is 0.0517. The maximum Gasteiger partial charge on any atom is 0.416 e. The lowest BCUT2D eigenvalue weighted by atomic mass is 9.74. The predicted molar refractivity (Wildman–Crippen MR) is 426 cm³/mol. The van der Waals surface area contributed by atoms with E-state index in [4.69, 9.17) is 44.0 Å². The lowest BCUT2D eigenvalue weighted by Crippen LogP contribution is -2.51. The summed E-state index contributed by atoms with van der Waals surface area (Å²) in [5.74, 6) is -1.36. The Morgan fingerprint density at radius 3 is 1.29 bits per heavy atom. The number of carbonyl (C=O) groups excluding carboxylic acids is 5. The van der Waals surface area contributed by atoms with E-state index in [1.165, 1.54) is 61.0 Å². The number of hydrogen-bond donors (Lipinski definition) is 4. The molecule has 656 valence electrons. The fraction of sp³-hybridized carbons (Fsp3) is 0.552. The van der Waals surface area contributed by atoms with Gasteiger partial charge in [-0.1, -0.05) is 97.1 Å². The summed E-state index contributed by atoms with van der Waals surface area (Å²) < 4.78 is 188. The molecule has 0 saturated carbocycles. The number of amides is 1. The van der Waals surface area contributed by atoms with E-state index in [-0.39, 0.29) is 114 Å². The highest BCUT2D eigenvalue weighted by Gasteiger charge is 2.45. The first-order valence-corrected chi connectivity index (χ1v) is 40.2. The van der Waals surface area contributed by atoms with Crippen LogP contribution in [0.1, 0.15) is 184 Å². The highest BCUT2D eigenvalue weighted by Crippen LogP contribution is 2.48. The summed E-state index contributed by atoms with van der Waals surface area (Å²) in [5.41, 5.74) is 8.68. The largest absolute Gasteiger partial charge is 0.464 e. The van der Waals surface area contributed by atoms with Gasteiger partial charge in [0, 0.05) is 42.4 Å². The first-order chi connectivity index (χ1) is 55.7. The number of nitrogens with two attached hydrogens (primary N) is 1. The molecule has 3 spiro atoms. The van der Waals surface area contributed by atoms with Gasteiger partial charge in [-0.25, -0.2) is 14.4 Å². The first kappa shape index (κ1) is 97.0. The van der Waals surface area contributed by atoms with E-state index in [2.05, 4.69) is 111 Å². The summed E-state index contributed by atoms with van der Waals surface area (Å²) in [7, 11) is 0. The zero-order valence-corrected chi connectivity index (χ0v) is 68.5. The Balaban J connectivity index is 0.000000189. The third kappa shape index (κ3) is 26.0. The lowest BCUT2D eigenvalue weighted by molar-refractivity contribution is -0.164. The molecule has 3 aliphatic carbocycles. The second-order valence-corrected chi connectivity index (χ2v) is 31.0. The molecule has 7 aliphatic heterocycles.